The molecule has 4 nitrogen and oxygen atoms in total. The maximum atomic E-state index is 13.3. The van der Waals surface area contributed by atoms with Gasteiger partial charge < -0.3 is 4.57 Å². The van der Waals surface area contributed by atoms with Gasteiger partial charge in [-0.15, -0.1) is 0 Å². The van der Waals surface area contributed by atoms with Crippen molar-refractivity contribution in [1.82, 2.24) is 14.1 Å². The first-order valence-corrected chi connectivity index (χ1v) is 9.99. The molecule has 5 aromatic rings. The molecule has 5 heteroatoms. The molecule has 0 amide bonds. The van der Waals surface area contributed by atoms with E-state index in [1.54, 1.807) is 22.8 Å². The molecule has 0 unspecified atom stereocenters. The normalized spacial score (nSPS) is 11.7. The number of aryl methyl sites for hydroxylation is 1. The molecule has 0 aliphatic carbocycles. The molecule has 3 aromatic carbocycles. The lowest BCUT2D eigenvalue weighted by molar-refractivity contribution is 0.944. The van der Waals surface area contributed by atoms with Gasteiger partial charge in [0.2, 0.25) is 0 Å². The molecule has 0 atom stereocenters. The molecular formula is C25H18ClN3O. The second kappa shape index (κ2) is 7.32. The molecule has 0 saturated heterocycles. The first kappa shape index (κ1) is 18.4. The molecule has 0 N–H and O–H groups in total. The van der Waals surface area contributed by atoms with Gasteiger partial charge in [0, 0.05) is 34.7 Å². The van der Waals surface area contributed by atoms with Crippen molar-refractivity contribution < 1.29 is 0 Å². The van der Waals surface area contributed by atoms with Crippen LogP contribution in [0.1, 0.15) is 11.4 Å². The Kier molecular flexibility index (Phi) is 4.49. The van der Waals surface area contributed by atoms with Gasteiger partial charge in [-0.25, -0.2) is 4.98 Å². The molecular weight excluding hydrogens is 394 g/mol. The monoisotopic (exact) mass is 411 g/mol. The summed E-state index contributed by atoms with van der Waals surface area (Å²) in [7, 11) is 2.03. The molecule has 146 valence electrons. The first-order chi connectivity index (χ1) is 14.6. The topological polar surface area (TPSA) is 39.8 Å². The minimum Gasteiger partial charge on any atom is -0.350 e. The standard InChI is InChI=1S/C25H18ClN3O/c1-28-16-17(20-6-3-5-9-23(20)28)10-15-24-27-22-8-4-2-7-21(22)25(30)29(24)19-13-11-18(26)12-14-19/h2-16H,1H3. The van der Waals surface area contributed by atoms with E-state index in [4.69, 9.17) is 16.6 Å². The van der Waals surface area contributed by atoms with Gasteiger partial charge in [-0.05, 0) is 54.6 Å². The van der Waals surface area contributed by atoms with Crippen LogP contribution in [-0.2, 0) is 7.05 Å². The van der Waals surface area contributed by atoms with Crippen LogP contribution >= 0.6 is 11.6 Å². The van der Waals surface area contributed by atoms with Gasteiger partial charge in [0.1, 0.15) is 5.82 Å². The van der Waals surface area contributed by atoms with Crippen molar-refractivity contribution in [3.05, 3.63) is 106 Å². The summed E-state index contributed by atoms with van der Waals surface area (Å²) in [5, 5.41) is 2.35. The fourth-order valence-electron chi connectivity index (χ4n) is 3.77. The molecule has 0 bridgehead atoms. The third kappa shape index (κ3) is 3.11. The highest BCUT2D eigenvalue weighted by Gasteiger charge is 2.11. The Labute approximate surface area is 178 Å². The van der Waals surface area contributed by atoms with E-state index in [1.807, 2.05) is 61.7 Å². The molecule has 0 radical (unpaired) electrons. The van der Waals surface area contributed by atoms with Crippen molar-refractivity contribution in [3.8, 4) is 5.69 Å². The van der Waals surface area contributed by atoms with E-state index < -0.39 is 0 Å². The lowest BCUT2D eigenvalue weighted by atomic mass is 10.1. The molecule has 5 rings (SSSR count). The fourth-order valence-corrected chi connectivity index (χ4v) is 3.90. The van der Waals surface area contributed by atoms with Crippen LogP contribution in [0.3, 0.4) is 0 Å². The van der Waals surface area contributed by atoms with Crippen molar-refractivity contribution in [1.29, 1.82) is 0 Å². The zero-order valence-electron chi connectivity index (χ0n) is 16.3. The summed E-state index contributed by atoms with van der Waals surface area (Å²) >= 11 is 6.05. The third-order valence-corrected chi connectivity index (χ3v) is 5.48. The highest BCUT2D eigenvalue weighted by Crippen LogP contribution is 2.23. The van der Waals surface area contributed by atoms with Gasteiger partial charge in [0.25, 0.3) is 5.56 Å². The van der Waals surface area contributed by atoms with Gasteiger partial charge in [-0.1, -0.05) is 41.9 Å². The summed E-state index contributed by atoms with van der Waals surface area (Å²) in [6.07, 6.45) is 5.97. The van der Waals surface area contributed by atoms with E-state index in [0.29, 0.717) is 21.7 Å². The summed E-state index contributed by atoms with van der Waals surface area (Å²) < 4.78 is 3.72. The van der Waals surface area contributed by atoms with Crippen molar-refractivity contribution in [3.63, 3.8) is 0 Å². The predicted octanol–water partition coefficient (Wildman–Crippen LogP) is 5.70. The molecule has 0 spiro atoms. The Hall–Kier alpha value is -3.63. The van der Waals surface area contributed by atoms with Crippen LogP contribution in [0.2, 0.25) is 5.02 Å². The lowest BCUT2D eigenvalue weighted by Crippen LogP contribution is -2.22. The molecule has 2 heterocycles. The Morgan fingerprint density at radius 2 is 1.57 bits per heavy atom. The zero-order valence-corrected chi connectivity index (χ0v) is 17.0. The first-order valence-electron chi connectivity index (χ1n) is 9.62. The maximum Gasteiger partial charge on any atom is 0.266 e. The number of hydrogen-bond donors (Lipinski definition) is 0. The quantitative estimate of drug-likeness (QED) is 0.382. The van der Waals surface area contributed by atoms with Crippen LogP contribution in [0.4, 0.5) is 0 Å². The van der Waals surface area contributed by atoms with E-state index >= 15 is 0 Å². The Bertz CT molecular complexity index is 1480. The molecule has 0 fully saturated rings. The highest BCUT2D eigenvalue weighted by atomic mass is 35.5. The lowest BCUT2D eigenvalue weighted by Gasteiger charge is -2.11. The van der Waals surface area contributed by atoms with E-state index in [-0.39, 0.29) is 5.56 Å². The minimum absolute atomic E-state index is 0.111. The van der Waals surface area contributed by atoms with Crippen LogP contribution in [0.5, 0.6) is 0 Å². The summed E-state index contributed by atoms with van der Waals surface area (Å²) in [6.45, 7) is 0. The Balaban J connectivity index is 1.73. The van der Waals surface area contributed by atoms with E-state index in [0.717, 1.165) is 22.2 Å². The molecule has 2 aromatic heterocycles. The van der Waals surface area contributed by atoms with Gasteiger partial charge in [-0.2, -0.15) is 0 Å². The summed E-state index contributed by atoms with van der Waals surface area (Å²) in [5.41, 5.74) is 3.50. The van der Waals surface area contributed by atoms with Crippen molar-refractivity contribution in [2.24, 2.45) is 7.05 Å². The maximum absolute atomic E-state index is 13.3. The van der Waals surface area contributed by atoms with Crippen molar-refractivity contribution in [2.45, 2.75) is 0 Å². The molecule has 0 aliphatic heterocycles. The van der Waals surface area contributed by atoms with Gasteiger partial charge in [0.15, 0.2) is 0 Å². The average molecular weight is 412 g/mol. The number of benzene rings is 3. The second-order valence-electron chi connectivity index (χ2n) is 7.15. The van der Waals surface area contributed by atoms with Gasteiger partial charge in [0.05, 0.1) is 16.6 Å². The molecule has 30 heavy (non-hydrogen) atoms. The zero-order chi connectivity index (χ0) is 20.7. The second-order valence-corrected chi connectivity index (χ2v) is 7.59. The Morgan fingerprint density at radius 1 is 0.867 bits per heavy atom. The molecule has 0 saturated carbocycles. The predicted molar refractivity (Wildman–Crippen MR) is 124 cm³/mol. The molecule has 0 aliphatic rings. The van der Waals surface area contributed by atoms with Crippen molar-refractivity contribution >= 4 is 45.6 Å². The van der Waals surface area contributed by atoms with Crippen molar-refractivity contribution in [2.75, 3.05) is 0 Å². The fraction of sp³-hybridized carbons (Fsp3) is 0.0400. The summed E-state index contributed by atoms with van der Waals surface area (Å²) in [5.74, 6) is 0.564. The van der Waals surface area contributed by atoms with Crippen LogP contribution < -0.4 is 5.56 Å². The van der Waals surface area contributed by atoms with Crippen LogP contribution in [0.25, 0.3) is 39.6 Å². The summed E-state index contributed by atoms with van der Waals surface area (Å²) in [4.78, 5) is 18.1. The Morgan fingerprint density at radius 3 is 2.37 bits per heavy atom. The number of rotatable bonds is 3. The average Bonchev–Trinajstić information content (AvgIpc) is 3.09. The summed E-state index contributed by atoms with van der Waals surface area (Å²) in [6, 6.07) is 22.8. The highest BCUT2D eigenvalue weighted by molar-refractivity contribution is 6.30. The number of aromatic nitrogens is 3. The minimum atomic E-state index is -0.111. The van der Waals surface area contributed by atoms with E-state index in [9.17, 15) is 4.79 Å². The van der Waals surface area contributed by atoms with E-state index in [1.165, 1.54) is 0 Å². The van der Waals surface area contributed by atoms with E-state index in [2.05, 4.69) is 22.9 Å². The van der Waals surface area contributed by atoms with Gasteiger partial charge >= 0.3 is 0 Å². The number of fused-ring (bicyclic) bond motifs is 2. The largest absolute Gasteiger partial charge is 0.350 e. The van der Waals surface area contributed by atoms with Gasteiger partial charge in [-0.3, -0.25) is 9.36 Å². The number of nitrogens with zero attached hydrogens (tertiary/aromatic N) is 3. The third-order valence-electron chi connectivity index (χ3n) is 5.23. The SMILES string of the molecule is Cn1cc(C=Cc2nc3ccccc3c(=O)n2-c2ccc(Cl)cc2)c2ccccc21. The number of para-hydroxylation sites is 2. The number of halogens is 1. The smallest absolute Gasteiger partial charge is 0.266 e. The number of hydrogen-bond acceptors (Lipinski definition) is 2. The van der Waals surface area contributed by atoms with Crippen LogP contribution in [0.15, 0.2) is 83.8 Å². The van der Waals surface area contributed by atoms with Crippen LogP contribution in [-0.4, -0.2) is 14.1 Å². The van der Waals surface area contributed by atoms with Crippen LogP contribution in [0, 0.1) is 0 Å².